The van der Waals surface area contributed by atoms with E-state index in [4.69, 9.17) is 9.47 Å². The number of anilines is 1. The number of nitrogens with one attached hydrogen (secondary N) is 1. The molecule has 0 aromatic heterocycles. The molecule has 0 spiro atoms. The summed E-state index contributed by atoms with van der Waals surface area (Å²) in [5, 5.41) is 6.43. The van der Waals surface area contributed by atoms with Crippen molar-refractivity contribution in [1.29, 1.82) is 0 Å². The quantitative estimate of drug-likeness (QED) is 0.479. The number of halogens is 1. The molecular formula is C24H22BrNO2. The molecule has 1 aliphatic heterocycles. The van der Waals surface area contributed by atoms with Crippen LogP contribution in [0.2, 0.25) is 0 Å². The van der Waals surface area contributed by atoms with E-state index in [1.165, 1.54) is 27.6 Å². The summed E-state index contributed by atoms with van der Waals surface area (Å²) in [6, 6.07) is 17.6. The van der Waals surface area contributed by atoms with Crippen LogP contribution in [0.4, 0.5) is 5.69 Å². The predicted octanol–water partition coefficient (Wildman–Crippen LogP) is 6.45. The molecule has 3 aromatic rings. The number of methoxy groups -OCH3 is 2. The Bertz CT molecular complexity index is 1090. The molecule has 0 radical (unpaired) electrons. The first-order chi connectivity index (χ1) is 13.7. The van der Waals surface area contributed by atoms with Crippen LogP contribution in [0.3, 0.4) is 0 Å². The molecule has 1 heterocycles. The molecule has 3 nitrogen and oxygen atoms in total. The van der Waals surface area contributed by atoms with Crippen molar-refractivity contribution in [2.24, 2.45) is 5.92 Å². The summed E-state index contributed by atoms with van der Waals surface area (Å²) in [5.41, 5.74) is 3.86. The molecule has 1 N–H and O–H groups in total. The van der Waals surface area contributed by atoms with E-state index in [0.29, 0.717) is 11.8 Å². The van der Waals surface area contributed by atoms with Gasteiger partial charge >= 0.3 is 0 Å². The SMILES string of the molecule is COc1cc([C@@H]2Nc3c(ccc4ccccc34)[C@@H]3C=CC[C@H]32)cc(Br)c1OC. The highest BCUT2D eigenvalue weighted by molar-refractivity contribution is 9.10. The minimum absolute atomic E-state index is 0.203. The van der Waals surface area contributed by atoms with Crippen LogP contribution in [0.1, 0.15) is 29.5 Å². The first-order valence-corrected chi connectivity index (χ1v) is 10.4. The molecule has 0 unspecified atom stereocenters. The van der Waals surface area contributed by atoms with Crippen LogP contribution in [-0.4, -0.2) is 14.2 Å². The molecular weight excluding hydrogens is 414 g/mol. The monoisotopic (exact) mass is 435 g/mol. The standard InChI is InChI=1S/C24H22BrNO2/c1-27-21-13-15(12-20(25)24(21)28-2)22-18-9-5-8-17(18)19-11-10-14-6-3-4-7-16(14)23(19)26-22/h3-8,10-13,17-18,22,26H,9H2,1-2H3/t17-,18-,22+/m1/s1. The van der Waals surface area contributed by atoms with Gasteiger partial charge in [-0.2, -0.15) is 0 Å². The number of benzene rings is 3. The Morgan fingerprint density at radius 1 is 1.04 bits per heavy atom. The predicted molar refractivity (Wildman–Crippen MR) is 118 cm³/mol. The van der Waals surface area contributed by atoms with Crippen LogP contribution < -0.4 is 14.8 Å². The fourth-order valence-electron chi connectivity index (χ4n) is 4.79. The Balaban J connectivity index is 1.67. The van der Waals surface area contributed by atoms with Gasteiger partial charge in [-0.1, -0.05) is 48.6 Å². The Kier molecular flexibility index (Phi) is 4.31. The van der Waals surface area contributed by atoms with Crippen LogP contribution in [0.15, 0.2) is 65.2 Å². The van der Waals surface area contributed by atoms with Gasteiger partial charge in [0.25, 0.3) is 0 Å². The largest absolute Gasteiger partial charge is 0.493 e. The van der Waals surface area contributed by atoms with E-state index in [9.17, 15) is 0 Å². The van der Waals surface area contributed by atoms with E-state index in [1.54, 1.807) is 14.2 Å². The highest BCUT2D eigenvalue weighted by Crippen LogP contribution is 2.52. The van der Waals surface area contributed by atoms with Gasteiger partial charge in [0.2, 0.25) is 0 Å². The van der Waals surface area contributed by atoms with Crippen LogP contribution in [-0.2, 0) is 0 Å². The average Bonchev–Trinajstić information content (AvgIpc) is 3.22. The lowest BCUT2D eigenvalue weighted by Crippen LogP contribution is -2.29. The topological polar surface area (TPSA) is 30.5 Å². The Morgan fingerprint density at radius 2 is 1.89 bits per heavy atom. The lowest BCUT2D eigenvalue weighted by atomic mass is 9.76. The summed E-state index contributed by atoms with van der Waals surface area (Å²) in [7, 11) is 3.35. The molecule has 0 bridgehead atoms. The smallest absolute Gasteiger partial charge is 0.174 e. The number of rotatable bonds is 3. The van der Waals surface area contributed by atoms with Crippen molar-refractivity contribution in [3.63, 3.8) is 0 Å². The third-order valence-corrected chi connectivity index (χ3v) is 6.67. The first-order valence-electron chi connectivity index (χ1n) is 9.57. The van der Waals surface area contributed by atoms with Gasteiger partial charge in [-0.05, 0) is 56.9 Å². The van der Waals surface area contributed by atoms with Crippen molar-refractivity contribution in [1.82, 2.24) is 0 Å². The van der Waals surface area contributed by atoms with E-state index >= 15 is 0 Å². The van der Waals surface area contributed by atoms with Crippen LogP contribution >= 0.6 is 15.9 Å². The average molecular weight is 436 g/mol. The van der Waals surface area contributed by atoms with Crippen molar-refractivity contribution in [2.45, 2.75) is 18.4 Å². The van der Waals surface area contributed by atoms with E-state index in [-0.39, 0.29) is 6.04 Å². The first kappa shape index (κ1) is 17.6. The molecule has 142 valence electrons. The van der Waals surface area contributed by atoms with Gasteiger partial charge in [-0.3, -0.25) is 0 Å². The lowest BCUT2D eigenvalue weighted by Gasteiger charge is -2.38. The maximum Gasteiger partial charge on any atom is 0.174 e. The number of hydrogen-bond donors (Lipinski definition) is 1. The van der Waals surface area contributed by atoms with Gasteiger partial charge in [-0.25, -0.2) is 0 Å². The highest BCUT2D eigenvalue weighted by atomic mass is 79.9. The Hall–Kier alpha value is -2.46. The number of hydrogen-bond acceptors (Lipinski definition) is 3. The Labute approximate surface area is 173 Å². The van der Waals surface area contributed by atoms with Crippen LogP contribution in [0.5, 0.6) is 11.5 Å². The molecule has 0 fully saturated rings. The number of allylic oxidation sites excluding steroid dienone is 2. The lowest BCUT2D eigenvalue weighted by molar-refractivity contribution is 0.351. The molecule has 0 amide bonds. The van der Waals surface area contributed by atoms with Crippen LogP contribution in [0.25, 0.3) is 10.8 Å². The summed E-state index contributed by atoms with van der Waals surface area (Å²) in [5.74, 6) is 2.39. The van der Waals surface area contributed by atoms with Crippen molar-refractivity contribution in [3.05, 3.63) is 76.3 Å². The second-order valence-corrected chi connectivity index (χ2v) is 8.32. The number of ether oxygens (including phenoxy) is 2. The maximum atomic E-state index is 5.60. The van der Waals surface area contributed by atoms with Gasteiger partial charge in [0.1, 0.15) is 0 Å². The van der Waals surface area contributed by atoms with Gasteiger partial charge in [0.05, 0.1) is 24.7 Å². The molecule has 28 heavy (non-hydrogen) atoms. The van der Waals surface area contributed by atoms with Crippen molar-refractivity contribution in [3.8, 4) is 11.5 Å². The van der Waals surface area contributed by atoms with Gasteiger partial charge in [0, 0.05) is 17.0 Å². The molecule has 0 saturated carbocycles. The minimum atomic E-state index is 0.203. The number of fused-ring (bicyclic) bond motifs is 5. The van der Waals surface area contributed by atoms with E-state index < -0.39 is 0 Å². The molecule has 3 atom stereocenters. The third kappa shape index (κ3) is 2.62. The summed E-state index contributed by atoms with van der Waals surface area (Å²) in [4.78, 5) is 0. The van der Waals surface area contributed by atoms with Crippen molar-refractivity contribution >= 4 is 32.4 Å². The van der Waals surface area contributed by atoms with Crippen LogP contribution in [0, 0.1) is 5.92 Å². The van der Waals surface area contributed by atoms with E-state index in [1.807, 2.05) is 0 Å². The Morgan fingerprint density at radius 3 is 2.71 bits per heavy atom. The zero-order valence-electron chi connectivity index (χ0n) is 15.9. The zero-order valence-corrected chi connectivity index (χ0v) is 17.5. The molecule has 4 heteroatoms. The molecule has 1 aliphatic carbocycles. The normalized spacial score (nSPS) is 22.5. The molecule has 0 saturated heterocycles. The maximum absolute atomic E-state index is 5.60. The van der Waals surface area contributed by atoms with Crippen molar-refractivity contribution in [2.75, 3.05) is 19.5 Å². The molecule has 2 aliphatic rings. The summed E-state index contributed by atoms with van der Waals surface area (Å²) >= 11 is 3.66. The summed E-state index contributed by atoms with van der Waals surface area (Å²) in [6.07, 6.45) is 5.77. The molecule has 3 aromatic carbocycles. The molecule has 5 rings (SSSR count). The van der Waals surface area contributed by atoms with E-state index in [2.05, 4.69) is 81.9 Å². The fraction of sp³-hybridized carbons (Fsp3) is 0.250. The van der Waals surface area contributed by atoms with Gasteiger partial charge in [0.15, 0.2) is 11.5 Å². The van der Waals surface area contributed by atoms with Gasteiger partial charge < -0.3 is 14.8 Å². The van der Waals surface area contributed by atoms with Crippen molar-refractivity contribution < 1.29 is 9.47 Å². The fourth-order valence-corrected chi connectivity index (χ4v) is 5.41. The van der Waals surface area contributed by atoms with E-state index in [0.717, 1.165) is 22.4 Å². The zero-order chi connectivity index (χ0) is 19.3. The second-order valence-electron chi connectivity index (χ2n) is 7.46. The second kappa shape index (κ2) is 6.85. The van der Waals surface area contributed by atoms with Gasteiger partial charge in [-0.15, -0.1) is 0 Å². The summed E-state index contributed by atoms with van der Waals surface area (Å²) < 4.78 is 12.0. The summed E-state index contributed by atoms with van der Waals surface area (Å²) in [6.45, 7) is 0. The minimum Gasteiger partial charge on any atom is -0.493 e. The highest BCUT2D eigenvalue weighted by Gasteiger charge is 2.38. The third-order valence-electron chi connectivity index (χ3n) is 6.08.